The molecule has 0 aliphatic carbocycles. The van der Waals surface area contributed by atoms with Crippen LogP contribution in [0.15, 0.2) is 35.1 Å². The molecule has 0 spiro atoms. The third-order valence-corrected chi connectivity index (χ3v) is 5.14. The largest absolute Gasteiger partial charge is 0.390 e. The molecule has 0 amide bonds. The van der Waals surface area contributed by atoms with Gasteiger partial charge in [0.1, 0.15) is 11.7 Å². The minimum absolute atomic E-state index is 0.167. The molecule has 1 unspecified atom stereocenters. The molecule has 3 aromatic rings. The molecule has 0 radical (unpaired) electrons. The molecule has 1 atom stereocenters. The summed E-state index contributed by atoms with van der Waals surface area (Å²) >= 11 is 0. The van der Waals surface area contributed by atoms with Gasteiger partial charge in [0, 0.05) is 25.7 Å². The quantitative estimate of drug-likeness (QED) is 0.748. The maximum absolute atomic E-state index is 12.7. The van der Waals surface area contributed by atoms with Crippen molar-refractivity contribution in [3.8, 4) is 6.07 Å². The molecule has 1 aliphatic rings. The summed E-state index contributed by atoms with van der Waals surface area (Å²) in [5.74, 6) is 0. The number of ether oxygens (including phenoxy) is 1. The summed E-state index contributed by atoms with van der Waals surface area (Å²) in [4.78, 5) is 14.8. The number of aryl methyl sites for hydroxylation is 1. The van der Waals surface area contributed by atoms with Crippen molar-refractivity contribution in [2.45, 2.75) is 19.6 Å². The van der Waals surface area contributed by atoms with Crippen LogP contribution in [0.2, 0.25) is 0 Å². The Hall–Kier alpha value is -2.66. The molecular weight excluding hydrogens is 344 g/mol. The van der Waals surface area contributed by atoms with Gasteiger partial charge in [0.05, 0.1) is 42.5 Å². The molecule has 3 heterocycles. The molecule has 0 bridgehead atoms. The fraction of sp³-hybridized carbons (Fsp3) is 0.400. The van der Waals surface area contributed by atoms with Gasteiger partial charge in [-0.2, -0.15) is 5.26 Å². The molecule has 1 saturated heterocycles. The Bertz CT molecular complexity index is 1090. The van der Waals surface area contributed by atoms with Gasteiger partial charge in [-0.05, 0) is 24.6 Å². The Balaban J connectivity index is 1.83. The van der Waals surface area contributed by atoms with Crippen LogP contribution in [0.3, 0.4) is 0 Å². The van der Waals surface area contributed by atoms with Crippen molar-refractivity contribution in [3.63, 3.8) is 0 Å². The first kappa shape index (κ1) is 17.7. The standard InChI is InChI=1S/C20H22N4O3/c1-14-10-19(26)24-18-5-3-2-4-17(18)23(20(24)16(14)11-21)13-15(25)12-22-6-8-27-9-7-22/h2-5,10,15,25H,6-9,12-13H2,1H3. The number of aliphatic hydroxyl groups excluding tert-OH is 1. The molecule has 140 valence electrons. The van der Waals surface area contributed by atoms with E-state index in [4.69, 9.17) is 4.74 Å². The van der Waals surface area contributed by atoms with Crippen LogP contribution in [0.1, 0.15) is 11.1 Å². The van der Waals surface area contributed by atoms with Crippen molar-refractivity contribution in [1.82, 2.24) is 13.9 Å². The zero-order chi connectivity index (χ0) is 19.0. The smallest absolute Gasteiger partial charge is 0.257 e. The van der Waals surface area contributed by atoms with Crippen molar-refractivity contribution in [2.75, 3.05) is 32.8 Å². The first-order valence-electron chi connectivity index (χ1n) is 9.12. The van der Waals surface area contributed by atoms with Gasteiger partial charge in [0.15, 0.2) is 0 Å². The summed E-state index contributed by atoms with van der Waals surface area (Å²) in [5.41, 5.74) is 3.06. The zero-order valence-corrected chi connectivity index (χ0v) is 15.3. The Morgan fingerprint density at radius 3 is 2.63 bits per heavy atom. The second kappa shape index (κ2) is 7.16. The lowest BCUT2D eigenvalue weighted by atomic mass is 10.1. The summed E-state index contributed by atoms with van der Waals surface area (Å²) in [6.07, 6.45) is -0.620. The van der Waals surface area contributed by atoms with Gasteiger partial charge in [0.2, 0.25) is 0 Å². The highest BCUT2D eigenvalue weighted by molar-refractivity contribution is 5.84. The highest BCUT2D eigenvalue weighted by Gasteiger charge is 2.21. The van der Waals surface area contributed by atoms with Crippen LogP contribution in [0.4, 0.5) is 0 Å². The predicted octanol–water partition coefficient (Wildman–Crippen LogP) is 1.13. The topological polar surface area (TPSA) is 82.9 Å². The summed E-state index contributed by atoms with van der Waals surface area (Å²) in [7, 11) is 0. The number of benzene rings is 1. The molecule has 7 nitrogen and oxygen atoms in total. The van der Waals surface area contributed by atoms with E-state index < -0.39 is 6.10 Å². The lowest BCUT2D eigenvalue weighted by Crippen LogP contribution is -2.42. The molecule has 1 fully saturated rings. The van der Waals surface area contributed by atoms with Gasteiger partial charge in [-0.25, -0.2) is 0 Å². The number of hydrogen-bond donors (Lipinski definition) is 1. The molecule has 27 heavy (non-hydrogen) atoms. The van der Waals surface area contributed by atoms with Crippen LogP contribution < -0.4 is 5.56 Å². The molecule has 2 aromatic heterocycles. The maximum Gasteiger partial charge on any atom is 0.257 e. The number of nitrogens with zero attached hydrogens (tertiary/aromatic N) is 4. The van der Waals surface area contributed by atoms with Crippen LogP contribution in [0.25, 0.3) is 16.7 Å². The van der Waals surface area contributed by atoms with Crippen molar-refractivity contribution in [1.29, 1.82) is 5.26 Å². The monoisotopic (exact) mass is 366 g/mol. The number of nitriles is 1. The van der Waals surface area contributed by atoms with Gasteiger partial charge >= 0.3 is 0 Å². The van der Waals surface area contributed by atoms with E-state index >= 15 is 0 Å². The number of aliphatic hydroxyl groups is 1. The van der Waals surface area contributed by atoms with Gasteiger partial charge < -0.3 is 14.4 Å². The Morgan fingerprint density at radius 2 is 1.93 bits per heavy atom. The molecule has 7 heteroatoms. The molecule has 0 saturated carbocycles. The number of hydrogen-bond acceptors (Lipinski definition) is 5. The fourth-order valence-corrected chi connectivity index (χ4v) is 3.87. The molecule has 1 aliphatic heterocycles. The number of β-amino-alcohol motifs (C(OH)–C–C–N with tert-alkyl or cyclic N) is 1. The summed E-state index contributed by atoms with van der Waals surface area (Å²) in [5, 5.41) is 20.4. The van der Waals surface area contributed by atoms with Gasteiger partial charge in [-0.15, -0.1) is 0 Å². The third kappa shape index (κ3) is 3.12. The zero-order valence-electron chi connectivity index (χ0n) is 15.3. The van der Waals surface area contributed by atoms with Crippen LogP contribution in [0.5, 0.6) is 0 Å². The number of morpholine rings is 1. The third-order valence-electron chi connectivity index (χ3n) is 5.14. The van der Waals surface area contributed by atoms with Gasteiger partial charge in [-0.3, -0.25) is 14.1 Å². The number of rotatable bonds is 4. The minimum Gasteiger partial charge on any atom is -0.390 e. The maximum atomic E-state index is 12.7. The fourth-order valence-electron chi connectivity index (χ4n) is 3.87. The second-order valence-electron chi connectivity index (χ2n) is 6.98. The normalized spacial score (nSPS) is 16.6. The highest BCUT2D eigenvalue weighted by Crippen LogP contribution is 2.24. The van der Waals surface area contributed by atoms with Crippen LogP contribution in [0, 0.1) is 18.3 Å². The van der Waals surface area contributed by atoms with Gasteiger partial charge in [-0.1, -0.05) is 12.1 Å². The van der Waals surface area contributed by atoms with E-state index in [1.54, 1.807) is 11.3 Å². The predicted molar refractivity (Wildman–Crippen MR) is 102 cm³/mol. The van der Waals surface area contributed by atoms with E-state index in [1.807, 2.05) is 28.8 Å². The second-order valence-corrected chi connectivity index (χ2v) is 6.98. The number of imidazole rings is 1. The number of aromatic nitrogens is 2. The van der Waals surface area contributed by atoms with E-state index in [0.29, 0.717) is 43.1 Å². The Kier molecular flexibility index (Phi) is 4.70. The van der Waals surface area contributed by atoms with Crippen LogP contribution in [-0.2, 0) is 11.3 Å². The lowest BCUT2D eigenvalue weighted by molar-refractivity contribution is 0.0119. The molecule has 4 rings (SSSR count). The molecule has 1 N–H and O–H groups in total. The molecular formula is C20H22N4O3. The Morgan fingerprint density at radius 1 is 1.22 bits per heavy atom. The van der Waals surface area contributed by atoms with Crippen molar-refractivity contribution in [3.05, 3.63) is 51.8 Å². The molecule has 1 aromatic carbocycles. The van der Waals surface area contributed by atoms with Crippen molar-refractivity contribution >= 4 is 16.7 Å². The number of para-hydroxylation sites is 2. The summed E-state index contributed by atoms with van der Waals surface area (Å²) in [6.45, 7) is 5.56. The van der Waals surface area contributed by atoms with E-state index in [1.165, 1.54) is 6.07 Å². The number of pyridine rings is 1. The minimum atomic E-state index is -0.620. The highest BCUT2D eigenvalue weighted by atomic mass is 16.5. The summed E-state index contributed by atoms with van der Waals surface area (Å²) < 4.78 is 8.82. The Labute approximate surface area is 156 Å². The lowest BCUT2D eigenvalue weighted by Gasteiger charge is -2.28. The van der Waals surface area contributed by atoms with Crippen molar-refractivity contribution in [2.24, 2.45) is 0 Å². The number of fused-ring (bicyclic) bond motifs is 3. The van der Waals surface area contributed by atoms with Crippen LogP contribution >= 0.6 is 0 Å². The van der Waals surface area contributed by atoms with Crippen LogP contribution in [-0.4, -0.2) is 57.9 Å². The SMILES string of the molecule is Cc1cc(=O)n2c3ccccc3n(CC(O)CN3CCOCC3)c2c1C#N. The van der Waals surface area contributed by atoms with Crippen molar-refractivity contribution < 1.29 is 9.84 Å². The van der Waals surface area contributed by atoms with E-state index in [9.17, 15) is 15.2 Å². The van der Waals surface area contributed by atoms with E-state index in [-0.39, 0.29) is 5.56 Å². The average Bonchev–Trinajstić information content (AvgIpc) is 2.98. The first-order chi connectivity index (χ1) is 13.1. The average molecular weight is 366 g/mol. The first-order valence-corrected chi connectivity index (χ1v) is 9.12. The van der Waals surface area contributed by atoms with E-state index in [2.05, 4.69) is 11.0 Å². The van der Waals surface area contributed by atoms with Gasteiger partial charge in [0.25, 0.3) is 5.56 Å². The summed E-state index contributed by atoms with van der Waals surface area (Å²) in [6, 6.07) is 11.3. The van der Waals surface area contributed by atoms with E-state index in [0.717, 1.165) is 24.1 Å².